The molecule has 39 heavy (non-hydrogen) atoms. The Morgan fingerprint density at radius 1 is 1.05 bits per heavy atom. The van der Waals surface area contributed by atoms with Gasteiger partial charge in [-0.3, -0.25) is 0 Å². The minimum Gasteiger partial charge on any atom is -0.497 e. The number of hydrogen-bond donors (Lipinski definition) is 3. The van der Waals surface area contributed by atoms with Crippen molar-refractivity contribution in [2.75, 3.05) is 13.7 Å². The van der Waals surface area contributed by atoms with Crippen LogP contribution in [0.15, 0.2) is 54.6 Å². The summed E-state index contributed by atoms with van der Waals surface area (Å²) < 4.78 is 29.0. The molecule has 3 rings (SSSR count). The lowest BCUT2D eigenvalue weighted by atomic mass is 9.97. The molecule has 0 saturated carbocycles. The summed E-state index contributed by atoms with van der Waals surface area (Å²) in [6, 6.07) is 16.1. The van der Waals surface area contributed by atoms with Gasteiger partial charge in [-0.15, -0.1) is 0 Å². The van der Waals surface area contributed by atoms with Crippen LogP contribution in [0.4, 0.5) is 4.79 Å². The van der Waals surface area contributed by atoms with E-state index in [-0.39, 0.29) is 31.3 Å². The van der Waals surface area contributed by atoms with Gasteiger partial charge in [0, 0.05) is 6.42 Å². The van der Waals surface area contributed by atoms with Crippen molar-refractivity contribution in [2.45, 2.75) is 89.2 Å². The van der Waals surface area contributed by atoms with E-state index in [4.69, 9.17) is 23.4 Å². The van der Waals surface area contributed by atoms with Gasteiger partial charge in [0.05, 0.1) is 38.6 Å². The van der Waals surface area contributed by atoms with Crippen LogP contribution in [0, 0.1) is 0 Å². The minimum atomic E-state index is -2.17. The quantitative estimate of drug-likeness (QED) is 0.347. The van der Waals surface area contributed by atoms with E-state index >= 15 is 0 Å². The summed E-state index contributed by atoms with van der Waals surface area (Å²) in [7, 11) is -0.576. The van der Waals surface area contributed by atoms with E-state index in [0.29, 0.717) is 0 Å². The third kappa shape index (κ3) is 9.02. The molecule has 10 heteroatoms. The fraction of sp³-hybridized carbons (Fsp3) is 0.552. The van der Waals surface area contributed by atoms with E-state index < -0.39 is 45.1 Å². The molecule has 1 aliphatic rings. The molecule has 0 aromatic heterocycles. The molecule has 2 aromatic rings. The van der Waals surface area contributed by atoms with Gasteiger partial charge in [-0.2, -0.15) is 0 Å². The first kappa shape index (κ1) is 31.1. The molecule has 1 saturated heterocycles. The SMILES string of the molecule is COc1ccc(CO[C@@H]2O[C@H]([C@@H](CO[Si](C)(C)C(C)(C)C)NC(=O)OCc3ccccc3)C[C@@H](O)[C@H]2O)cc1. The first-order valence-electron chi connectivity index (χ1n) is 13.3. The van der Waals surface area contributed by atoms with E-state index in [2.05, 4.69) is 39.2 Å². The topological polar surface area (TPSA) is 116 Å². The van der Waals surface area contributed by atoms with Gasteiger partial charge in [0.25, 0.3) is 0 Å². The maximum absolute atomic E-state index is 12.8. The molecule has 0 radical (unpaired) electrons. The van der Waals surface area contributed by atoms with Gasteiger partial charge >= 0.3 is 6.09 Å². The zero-order chi connectivity index (χ0) is 28.6. The predicted octanol–water partition coefficient (Wildman–Crippen LogP) is 4.37. The Morgan fingerprint density at radius 2 is 1.69 bits per heavy atom. The summed E-state index contributed by atoms with van der Waals surface area (Å²) in [5.74, 6) is 0.720. The molecule has 1 amide bonds. The summed E-state index contributed by atoms with van der Waals surface area (Å²) >= 11 is 0. The first-order chi connectivity index (χ1) is 18.4. The van der Waals surface area contributed by atoms with Gasteiger partial charge in [0.1, 0.15) is 18.5 Å². The predicted molar refractivity (Wildman–Crippen MR) is 150 cm³/mol. The number of aliphatic hydroxyl groups excluding tert-OH is 2. The van der Waals surface area contributed by atoms with Crippen molar-refractivity contribution in [3.05, 3.63) is 65.7 Å². The van der Waals surface area contributed by atoms with E-state index in [1.807, 2.05) is 54.6 Å². The molecule has 3 N–H and O–H groups in total. The lowest BCUT2D eigenvalue weighted by Crippen LogP contribution is -2.58. The van der Waals surface area contributed by atoms with Crippen molar-refractivity contribution < 1.29 is 38.4 Å². The van der Waals surface area contributed by atoms with Gasteiger partial charge in [-0.25, -0.2) is 4.79 Å². The third-order valence-corrected chi connectivity index (χ3v) is 11.9. The number of nitrogens with one attached hydrogen (secondary N) is 1. The lowest BCUT2D eigenvalue weighted by Gasteiger charge is -2.42. The standard InChI is InChI=1S/C29H43NO8Si/c1-29(2,3)39(5,6)37-19-23(30-28(33)36-18-20-10-8-7-9-11-20)25-16-24(31)26(32)27(38-25)35-17-21-12-14-22(34-4)15-13-21/h7-15,23-27,31-32H,16-19H2,1-6H3,(H,30,33)/t23-,24-,25+,26-,27-/m1/s1. The van der Waals surface area contributed by atoms with Crippen LogP contribution in [-0.2, 0) is 31.9 Å². The van der Waals surface area contributed by atoms with Crippen molar-refractivity contribution in [3.8, 4) is 5.75 Å². The molecule has 0 bridgehead atoms. The van der Waals surface area contributed by atoms with Gasteiger partial charge in [-0.1, -0.05) is 63.2 Å². The average molecular weight is 562 g/mol. The molecule has 1 aliphatic heterocycles. The molecule has 1 fully saturated rings. The van der Waals surface area contributed by atoms with E-state index in [1.54, 1.807) is 7.11 Å². The second kappa shape index (κ2) is 13.7. The Bertz CT molecular complexity index is 1030. The van der Waals surface area contributed by atoms with Crippen LogP contribution in [0.5, 0.6) is 5.75 Å². The van der Waals surface area contributed by atoms with Crippen molar-refractivity contribution in [3.63, 3.8) is 0 Å². The van der Waals surface area contributed by atoms with Crippen LogP contribution in [0.3, 0.4) is 0 Å². The number of methoxy groups -OCH3 is 1. The van der Waals surface area contributed by atoms with Crippen molar-refractivity contribution in [1.29, 1.82) is 0 Å². The Labute approximate surface area is 232 Å². The number of hydrogen-bond acceptors (Lipinski definition) is 8. The zero-order valence-corrected chi connectivity index (χ0v) is 24.8. The van der Waals surface area contributed by atoms with E-state index in [9.17, 15) is 15.0 Å². The summed E-state index contributed by atoms with van der Waals surface area (Å²) in [5, 5.41) is 24.1. The maximum atomic E-state index is 12.8. The summed E-state index contributed by atoms with van der Waals surface area (Å²) in [6.07, 6.45) is -4.67. The lowest BCUT2D eigenvalue weighted by molar-refractivity contribution is -0.275. The van der Waals surface area contributed by atoms with Crippen molar-refractivity contribution >= 4 is 14.4 Å². The molecular weight excluding hydrogens is 518 g/mol. The molecule has 5 atom stereocenters. The highest BCUT2D eigenvalue weighted by molar-refractivity contribution is 6.74. The largest absolute Gasteiger partial charge is 0.497 e. The molecule has 0 spiro atoms. The first-order valence-corrected chi connectivity index (χ1v) is 16.2. The van der Waals surface area contributed by atoms with Gasteiger partial charge in [0.15, 0.2) is 14.6 Å². The van der Waals surface area contributed by atoms with Crippen molar-refractivity contribution in [2.24, 2.45) is 0 Å². The highest BCUT2D eigenvalue weighted by atomic mass is 28.4. The monoisotopic (exact) mass is 561 g/mol. The average Bonchev–Trinajstić information content (AvgIpc) is 2.90. The Hall–Kier alpha value is -2.47. The molecule has 1 heterocycles. The smallest absolute Gasteiger partial charge is 0.407 e. The number of ether oxygens (including phenoxy) is 4. The fourth-order valence-corrected chi connectivity index (χ4v) is 4.87. The summed E-state index contributed by atoms with van der Waals surface area (Å²) in [4.78, 5) is 12.8. The summed E-state index contributed by atoms with van der Waals surface area (Å²) in [5.41, 5.74) is 1.71. The molecule has 216 valence electrons. The molecule has 9 nitrogen and oxygen atoms in total. The van der Waals surface area contributed by atoms with E-state index in [1.165, 1.54) is 0 Å². The van der Waals surface area contributed by atoms with Crippen LogP contribution < -0.4 is 10.1 Å². The number of carbonyl (C=O) groups excluding carboxylic acids is 1. The number of rotatable bonds is 11. The number of aliphatic hydroxyl groups is 2. The van der Waals surface area contributed by atoms with Gasteiger partial charge < -0.3 is 38.9 Å². The van der Waals surface area contributed by atoms with Crippen LogP contribution >= 0.6 is 0 Å². The van der Waals surface area contributed by atoms with Gasteiger partial charge in [-0.05, 0) is 41.4 Å². The van der Waals surface area contributed by atoms with Crippen LogP contribution in [-0.4, -0.2) is 69.0 Å². The van der Waals surface area contributed by atoms with Crippen LogP contribution in [0.25, 0.3) is 0 Å². The Balaban J connectivity index is 1.70. The minimum absolute atomic E-state index is 0.0431. The normalized spacial score (nSPS) is 22.7. The highest BCUT2D eigenvalue weighted by Gasteiger charge is 2.43. The second-order valence-corrected chi connectivity index (χ2v) is 16.2. The van der Waals surface area contributed by atoms with E-state index in [0.717, 1.165) is 16.9 Å². The number of alkyl carbamates (subject to hydrolysis) is 1. The Morgan fingerprint density at radius 3 is 2.31 bits per heavy atom. The molecule has 2 aromatic carbocycles. The molecule has 0 aliphatic carbocycles. The highest BCUT2D eigenvalue weighted by Crippen LogP contribution is 2.37. The number of amides is 1. The summed E-state index contributed by atoms with van der Waals surface area (Å²) in [6.45, 7) is 11.1. The number of carbonyl (C=O) groups is 1. The van der Waals surface area contributed by atoms with Crippen LogP contribution in [0.2, 0.25) is 18.1 Å². The van der Waals surface area contributed by atoms with Gasteiger partial charge in [0.2, 0.25) is 0 Å². The zero-order valence-electron chi connectivity index (χ0n) is 23.8. The number of benzene rings is 2. The maximum Gasteiger partial charge on any atom is 0.407 e. The van der Waals surface area contributed by atoms with Crippen LogP contribution in [0.1, 0.15) is 38.3 Å². The second-order valence-electron chi connectivity index (χ2n) is 11.4. The van der Waals surface area contributed by atoms with Crippen molar-refractivity contribution in [1.82, 2.24) is 5.32 Å². The molecular formula is C29H43NO8Si. The Kier molecular flexibility index (Phi) is 10.9. The third-order valence-electron chi connectivity index (χ3n) is 7.42. The molecule has 0 unspecified atom stereocenters. The fourth-order valence-electron chi connectivity index (χ4n) is 3.84.